The third kappa shape index (κ3) is 4.73. The van der Waals surface area contributed by atoms with E-state index in [0.717, 1.165) is 30.3 Å². The topological polar surface area (TPSA) is 52.6 Å². The van der Waals surface area contributed by atoms with Crippen molar-refractivity contribution in [2.45, 2.75) is 33.6 Å². The fourth-order valence-corrected chi connectivity index (χ4v) is 1.78. The lowest BCUT2D eigenvalue weighted by Gasteiger charge is -2.12. The molecule has 0 aliphatic carbocycles. The lowest BCUT2D eigenvalue weighted by atomic mass is 10.1. The summed E-state index contributed by atoms with van der Waals surface area (Å²) in [5.41, 5.74) is 2.28. The van der Waals surface area contributed by atoms with Crippen molar-refractivity contribution in [2.75, 3.05) is 13.2 Å². The minimum absolute atomic E-state index is 0.105. The smallest absolute Gasteiger partial charge is 0.344 e. The molecule has 0 spiro atoms. The van der Waals surface area contributed by atoms with Crippen molar-refractivity contribution in [3.63, 3.8) is 0 Å². The number of hydrogen-bond acceptors (Lipinski definition) is 4. The second kappa shape index (κ2) is 7.56. The minimum atomic E-state index is -0.369. The largest absolute Gasteiger partial charge is 0.481 e. The van der Waals surface area contributed by atoms with E-state index in [1.165, 1.54) is 0 Å². The Morgan fingerprint density at radius 2 is 1.89 bits per heavy atom. The zero-order valence-electron chi connectivity index (χ0n) is 11.7. The molecule has 0 saturated carbocycles. The number of esters is 1. The normalized spacial score (nSPS) is 10.1. The van der Waals surface area contributed by atoms with E-state index >= 15 is 0 Å². The van der Waals surface area contributed by atoms with Crippen LogP contribution in [0.2, 0.25) is 0 Å². The molecule has 0 radical (unpaired) electrons. The first-order valence-corrected chi connectivity index (χ1v) is 6.43. The van der Waals surface area contributed by atoms with E-state index < -0.39 is 0 Å². The van der Waals surface area contributed by atoms with Crippen molar-refractivity contribution in [1.82, 2.24) is 0 Å². The van der Waals surface area contributed by atoms with Gasteiger partial charge in [0.15, 0.2) is 6.61 Å². The van der Waals surface area contributed by atoms with Crippen LogP contribution in [-0.2, 0) is 9.53 Å². The second-order valence-corrected chi connectivity index (χ2v) is 4.46. The van der Waals surface area contributed by atoms with Crippen molar-refractivity contribution >= 4 is 12.3 Å². The van der Waals surface area contributed by atoms with E-state index in [0.29, 0.717) is 17.9 Å². The number of aldehydes is 1. The molecule has 0 N–H and O–H groups in total. The number of benzene rings is 1. The van der Waals surface area contributed by atoms with Crippen molar-refractivity contribution in [3.05, 3.63) is 28.8 Å². The van der Waals surface area contributed by atoms with Crippen molar-refractivity contribution in [1.29, 1.82) is 0 Å². The average Bonchev–Trinajstić information content (AvgIpc) is 2.37. The summed E-state index contributed by atoms with van der Waals surface area (Å²) in [5.74, 6) is 0.268. The van der Waals surface area contributed by atoms with E-state index in [-0.39, 0.29) is 12.6 Å². The fraction of sp³-hybridized carbons (Fsp3) is 0.467. The zero-order valence-corrected chi connectivity index (χ0v) is 11.7. The highest BCUT2D eigenvalue weighted by molar-refractivity contribution is 5.76. The molecule has 0 atom stereocenters. The number of unbranched alkanes of at least 4 members (excludes halogenated alkanes) is 1. The second-order valence-electron chi connectivity index (χ2n) is 4.46. The van der Waals surface area contributed by atoms with E-state index in [1.54, 1.807) is 12.1 Å². The summed E-state index contributed by atoms with van der Waals surface area (Å²) in [5, 5.41) is 0. The molecule has 0 amide bonds. The molecule has 1 rings (SSSR count). The Morgan fingerprint density at radius 1 is 1.26 bits per heavy atom. The van der Waals surface area contributed by atoms with Crippen LogP contribution in [0.25, 0.3) is 0 Å². The Labute approximate surface area is 113 Å². The number of hydrogen-bond donors (Lipinski definition) is 0. The van der Waals surface area contributed by atoms with Crippen LogP contribution in [0.5, 0.6) is 5.75 Å². The van der Waals surface area contributed by atoms with Gasteiger partial charge < -0.3 is 9.47 Å². The number of rotatable bonds is 7. The third-order valence-electron chi connectivity index (χ3n) is 2.71. The summed E-state index contributed by atoms with van der Waals surface area (Å²) in [6.45, 7) is 6.05. The van der Waals surface area contributed by atoms with Gasteiger partial charge >= 0.3 is 5.97 Å². The van der Waals surface area contributed by atoms with Crippen LogP contribution >= 0.6 is 0 Å². The van der Waals surface area contributed by atoms with Crippen LogP contribution in [0.3, 0.4) is 0 Å². The van der Waals surface area contributed by atoms with E-state index in [1.807, 2.05) is 20.8 Å². The van der Waals surface area contributed by atoms with Crippen LogP contribution in [0, 0.1) is 13.8 Å². The van der Waals surface area contributed by atoms with Crippen LogP contribution in [-0.4, -0.2) is 25.5 Å². The van der Waals surface area contributed by atoms with Gasteiger partial charge in [-0.25, -0.2) is 4.79 Å². The van der Waals surface area contributed by atoms with Gasteiger partial charge in [0, 0.05) is 5.56 Å². The van der Waals surface area contributed by atoms with E-state index in [4.69, 9.17) is 9.47 Å². The molecule has 4 nitrogen and oxygen atoms in total. The highest BCUT2D eigenvalue weighted by Crippen LogP contribution is 2.24. The van der Waals surface area contributed by atoms with Gasteiger partial charge in [-0.1, -0.05) is 13.3 Å². The molecule has 0 saturated heterocycles. The molecule has 0 unspecified atom stereocenters. The molecule has 0 aromatic heterocycles. The predicted octanol–water partition coefficient (Wildman–Crippen LogP) is 2.84. The van der Waals surface area contributed by atoms with E-state index in [9.17, 15) is 9.59 Å². The van der Waals surface area contributed by atoms with Crippen molar-refractivity contribution in [3.8, 4) is 5.75 Å². The Bertz CT molecular complexity index is 428. The molecule has 104 valence electrons. The maximum absolute atomic E-state index is 11.4. The summed E-state index contributed by atoms with van der Waals surface area (Å²) in [6, 6.07) is 3.47. The van der Waals surface area contributed by atoms with Crippen LogP contribution in [0.15, 0.2) is 12.1 Å². The van der Waals surface area contributed by atoms with Crippen molar-refractivity contribution < 1.29 is 19.1 Å². The molecule has 19 heavy (non-hydrogen) atoms. The van der Waals surface area contributed by atoms with Crippen LogP contribution in [0.4, 0.5) is 0 Å². The standard InChI is InChI=1S/C15H20O4/c1-4-5-6-18-14(17)10-19-15-11(2)7-13(9-16)8-12(15)3/h7-9H,4-6,10H2,1-3H3. The zero-order chi connectivity index (χ0) is 14.3. The van der Waals surface area contributed by atoms with Gasteiger partial charge in [-0.2, -0.15) is 0 Å². The maximum Gasteiger partial charge on any atom is 0.344 e. The van der Waals surface area contributed by atoms with E-state index in [2.05, 4.69) is 0 Å². The van der Waals surface area contributed by atoms with Gasteiger partial charge in [0.1, 0.15) is 12.0 Å². The summed E-state index contributed by atoms with van der Waals surface area (Å²) < 4.78 is 10.5. The first kappa shape index (κ1) is 15.2. The van der Waals surface area contributed by atoms with Gasteiger partial charge in [0.2, 0.25) is 0 Å². The fourth-order valence-electron chi connectivity index (χ4n) is 1.78. The summed E-state index contributed by atoms with van der Waals surface area (Å²) >= 11 is 0. The molecule has 4 heteroatoms. The minimum Gasteiger partial charge on any atom is -0.481 e. The monoisotopic (exact) mass is 264 g/mol. The van der Waals surface area contributed by atoms with Gasteiger partial charge in [-0.05, 0) is 43.5 Å². The highest BCUT2D eigenvalue weighted by Gasteiger charge is 2.09. The quantitative estimate of drug-likeness (QED) is 0.431. The first-order chi connectivity index (χ1) is 9.08. The Balaban J connectivity index is 2.58. The number of carbonyl (C=O) groups is 2. The summed E-state index contributed by atoms with van der Waals surface area (Å²) in [6.07, 6.45) is 2.64. The van der Waals surface area contributed by atoms with Gasteiger partial charge in [-0.3, -0.25) is 4.79 Å². The SMILES string of the molecule is CCCCOC(=O)COc1c(C)cc(C=O)cc1C. The summed E-state index contributed by atoms with van der Waals surface area (Å²) in [7, 11) is 0. The molecule has 1 aromatic rings. The summed E-state index contributed by atoms with van der Waals surface area (Å²) in [4.78, 5) is 22.2. The first-order valence-electron chi connectivity index (χ1n) is 6.43. The molecule has 0 bridgehead atoms. The van der Waals surface area contributed by atoms with Crippen LogP contribution < -0.4 is 4.74 Å². The lowest BCUT2D eigenvalue weighted by molar-refractivity contribution is -0.146. The molecular weight excluding hydrogens is 244 g/mol. The molecule has 0 fully saturated rings. The molecule has 1 aromatic carbocycles. The molecule has 0 aliphatic heterocycles. The van der Waals surface area contributed by atoms with Gasteiger partial charge in [-0.15, -0.1) is 0 Å². The lowest BCUT2D eigenvalue weighted by Crippen LogP contribution is -2.16. The van der Waals surface area contributed by atoms with Gasteiger partial charge in [0.25, 0.3) is 0 Å². The number of carbonyl (C=O) groups excluding carboxylic acids is 2. The highest BCUT2D eigenvalue weighted by atomic mass is 16.6. The third-order valence-corrected chi connectivity index (χ3v) is 2.71. The Kier molecular flexibility index (Phi) is 6.06. The molecule has 0 aliphatic rings. The Morgan fingerprint density at radius 3 is 2.42 bits per heavy atom. The Hall–Kier alpha value is -1.84. The number of aryl methyl sites for hydroxylation is 2. The predicted molar refractivity (Wildman–Crippen MR) is 72.7 cm³/mol. The molecular formula is C15H20O4. The van der Waals surface area contributed by atoms with Gasteiger partial charge in [0.05, 0.1) is 6.61 Å². The van der Waals surface area contributed by atoms with Crippen molar-refractivity contribution in [2.24, 2.45) is 0 Å². The number of ether oxygens (including phenoxy) is 2. The molecule has 0 heterocycles. The van der Waals surface area contributed by atoms with Crippen LogP contribution in [0.1, 0.15) is 41.3 Å². The maximum atomic E-state index is 11.4. The average molecular weight is 264 g/mol.